The molecule has 0 aliphatic heterocycles. The Bertz CT molecular complexity index is 372. The van der Waals surface area contributed by atoms with Crippen LogP contribution in [0.3, 0.4) is 0 Å². The fourth-order valence-corrected chi connectivity index (χ4v) is 1.27. The van der Waals surface area contributed by atoms with Crippen molar-refractivity contribution < 1.29 is 0 Å². The van der Waals surface area contributed by atoms with Gasteiger partial charge in [-0.25, -0.2) is 0 Å². The molecule has 1 aromatic rings. The molecule has 1 N–H and O–H groups in total. The number of hydrogen-bond donors (Lipinski definition) is 1. The third-order valence-electron chi connectivity index (χ3n) is 2.06. The summed E-state index contributed by atoms with van der Waals surface area (Å²) in [5.74, 6) is 0. The Kier molecular flexibility index (Phi) is 4.42. The third-order valence-corrected chi connectivity index (χ3v) is 2.06. The Labute approximate surface area is 91.8 Å². The van der Waals surface area contributed by atoms with Crippen molar-refractivity contribution in [1.29, 1.82) is 0 Å². The maximum absolute atomic E-state index is 4.04. The summed E-state index contributed by atoms with van der Waals surface area (Å²) in [4.78, 5) is 0. The lowest BCUT2D eigenvalue weighted by molar-refractivity contribution is 1.10. The van der Waals surface area contributed by atoms with Crippen LogP contribution in [-0.4, -0.2) is 7.05 Å². The zero-order chi connectivity index (χ0) is 11.1. The van der Waals surface area contributed by atoms with Crippen LogP contribution in [-0.2, 0) is 0 Å². The number of rotatable bonds is 4. The molecule has 1 heteroatoms. The van der Waals surface area contributed by atoms with Gasteiger partial charge in [-0.15, -0.1) is 0 Å². The quantitative estimate of drug-likeness (QED) is 0.733. The van der Waals surface area contributed by atoms with E-state index < -0.39 is 0 Å². The highest BCUT2D eigenvalue weighted by Gasteiger charge is 1.93. The average Bonchev–Trinajstić information content (AvgIpc) is 2.27. The Morgan fingerprint density at radius 2 is 1.93 bits per heavy atom. The zero-order valence-electron chi connectivity index (χ0n) is 9.33. The van der Waals surface area contributed by atoms with Gasteiger partial charge in [0.1, 0.15) is 0 Å². The molecule has 0 amide bonds. The van der Waals surface area contributed by atoms with Gasteiger partial charge < -0.3 is 5.32 Å². The van der Waals surface area contributed by atoms with E-state index in [4.69, 9.17) is 0 Å². The van der Waals surface area contributed by atoms with Crippen LogP contribution in [0.5, 0.6) is 0 Å². The van der Waals surface area contributed by atoms with Crippen molar-refractivity contribution in [2.75, 3.05) is 7.05 Å². The smallest absolute Gasteiger partial charge is 0.00277 e. The summed E-state index contributed by atoms with van der Waals surface area (Å²) in [5, 5.41) is 2.96. The number of benzene rings is 1. The summed E-state index contributed by atoms with van der Waals surface area (Å²) in [6.07, 6.45) is 6.00. The topological polar surface area (TPSA) is 12.0 Å². The number of hydrogen-bond acceptors (Lipinski definition) is 1. The lowest BCUT2D eigenvalue weighted by Crippen LogP contribution is -1.91. The highest BCUT2D eigenvalue weighted by molar-refractivity contribution is 5.72. The van der Waals surface area contributed by atoms with Crippen molar-refractivity contribution in [1.82, 2.24) is 5.32 Å². The molecule has 1 rings (SSSR count). The van der Waals surface area contributed by atoms with Gasteiger partial charge in [0.2, 0.25) is 0 Å². The monoisotopic (exact) mass is 199 g/mol. The van der Waals surface area contributed by atoms with Gasteiger partial charge in [0, 0.05) is 7.05 Å². The second-order valence-electron chi connectivity index (χ2n) is 3.40. The summed E-state index contributed by atoms with van der Waals surface area (Å²) in [5.41, 5.74) is 3.38. The van der Waals surface area contributed by atoms with Crippen LogP contribution in [0.1, 0.15) is 12.5 Å². The zero-order valence-corrected chi connectivity index (χ0v) is 9.33. The van der Waals surface area contributed by atoms with E-state index in [0.717, 1.165) is 11.1 Å². The van der Waals surface area contributed by atoms with E-state index >= 15 is 0 Å². The largest absolute Gasteiger partial charge is 0.394 e. The molecule has 0 atom stereocenters. The molecule has 0 saturated heterocycles. The fraction of sp³-hybridized carbons (Fsp3) is 0.143. The Morgan fingerprint density at radius 1 is 1.27 bits per heavy atom. The van der Waals surface area contributed by atoms with E-state index in [2.05, 4.69) is 37.0 Å². The molecule has 1 nitrogen and oxygen atoms in total. The highest BCUT2D eigenvalue weighted by Crippen LogP contribution is 2.14. The van der Waals surface area contributed by atoms with Crippen LogP contribution in [0, 0.1) is 0 Å². The Morgan fingerprint density at radius 3 is 2.53 bits per heavy atom. The van der Waals surface area contributed by atoms with Gasteiger partial charge in [-0.3, -0.25) is 0 Å². The summed E-state index contributed by atoms with van der Waals surface area (Å²) in [7, 11) is 1.88. The van der Waals surface area contributed by atoms with Crippen LogP contribution in [0.4, 0.5) is 0 Å². The summed E-state index contributed by atoms with van der Waals surface area (Å²) in [6.45, 7) is 6.10. The van der Waals surface area contributed by atoms with Gasteiger partial charge in [0.15, 0.2) is 0 Å². The number of allylic oxidation sites excluding steroid dienone is 4. The molecule has 1 aromatic carbocycles. The molecule has 0 aliphatic carbocycles. The van der Waals surface area contributed by atoms with Crippen molar-refractivity contribution in [3.05, 3.63) is 66.4 Å². The van der Waals surface area contributed by atoms with E-state index in [-0.39, 0.29) is 0 Å². The fourth-order valence-electron chi connectivity index (χ4n) is 1.27. The van der Waals surface area contributed by atoms with Crippen molar-refractivity contribution in [3.8, 4) is 0 Å². The minimum Gasteiger partial charge on any atom is -0.394 e. The van der Waals surface area contributed by atoms with E-state index in [0.29, 0.717) is 0 Å². The minimum atomic E-state index is 1.04. The summed E-state index contributed by atoms with van der Waals surface area (Å²) < 4.78 is 0. The van der Waals surface area contributed by atoms with E-state index in [1.165, 1.54) is 5.57 Å². The second kappa shape index (κ2) is 5.86. The van der Waals surface area contributed by atoms with Gasteiger partial charge in [-0.1, -0.05) is 43.0 Å². The van der Waals surface area contributed by atoms with Gasteiger partial charge in [-0.05, 0) is 35.9 Å². The van der Waals surface area contributed by atoms with Crippen molar-refractivity contribution >= 4 is 5.57 Å². The van der Waals surface area contributed by atoms with Crippen LogP contribution in [0.2, 0.25) is 0 Å². The minimum absolute atomic E-state index is 1.04. The van der Waals surface area contributed by atoms with Gasteiger partial charge in [0.05, 0.1) is 0 Å². The maximum atomic E-state index is 4.04. The first-order valence-corrected chi connectivity index (χ1v) is 5.00. The summed E-state index contributed by atoms with van der Waals surface area (Å²) in [6, 6.07) is 10.2. The Hall–Kier alpha value is -1.76. The lowest BCUT2D eigenvalue weighted by atomic mass is 10.1. The first-order valence-electron chi connectivity index (χ1n) is 5.00. The molecule has 0 radical (unpaired) electrons. The van der Waals surface area contributed by atoms with Gasteiger partial charge in [-0.2, -0.15) is 0 Å². The van der Waals surface area contributed by atoms with Gasteiger partial charge in [0.25, 0.3) is 0 Å². The molecule has 15 heavy (non-hydrogen) atoms. The summed E-state index contributed by atoms with van der Waals surface area (Å²) >= 11 is 0. The van der Waals surface area contributed by atoms with Crippen LogP contribution >= 0.6 is 0 Å². The van der Waals surface area contributed by atoms with Crippen molar-refractivity contribution in [2.45, 2.75) is 6.92 Å². The van der Waals surface area contributed by atoms with Crippen LogP contribution < -0.4 is 5.32 Å². The van der Waals surface area contributed by atoms with Crippen LogP contribution in [0.15, 0.2) is 60.8 Å². The first-order chi connectivity index (χ1) is 7.24. The normalized spacial score (nSPS) is 11.7. The van der Waals surface area contributed by atoms with E-state index in [9.17, 15) is 0 Å². The molecule has 0 aromatic heterocycles. The molecule has 0 heterocycles. The molecule has 0 saturated carbocycles. The standard InChI is InChI=1S/C14H17N/c1-12(9-10-15-3)11-13(2)14-7-5-4-6-8-14/h4-11,15H,2H2,1,3H3/b10-9-,12-11-. The molecule has 78 valence electrons. The SMILES string of the molecule is C=C(/C=C(C)\C=C/NC)c1ccccc1. The predicted molar refractivity (Wildman–Crippen MR) is 67.4 cm³/mol. The molecule has 0 fully saturated rings. The molecule has 0 spiro atoms. The highest BCUT2D eigenvalue weighted by atomic mass is 14.8. The maximum Gasteiger partial charge on any atom is 0.00277 e. The third kappa shape index (κ3) is 3.86. The second-order valence-corrected chi connectivity index (χ2v) is 3.40. The molecule has 0 bridgehead atoms. The van der Waals surface area contributed by atoms with E-state index in [1.54, 1.807) is 0 Å². The lowest BCUT2D eigenvalue weighted by Gasteiger charge is -2.00. The molecule has 0 aliphatic rings. The molecular weight excluding hydrogens is 182 g/mol. The number of nitrogens with one attached hydrogen (secondary N) is 1. The van der Waals surface area contributed by atoms with E-state index in [1.807, 2.05) is 37.5 Å². The van der Waals surface area contributed by atoms with Gasteiger partial charge >= 0.3 is 0 Å². The molecule has 0 unspecified atom stereocenters. The predicted octanol–water partition coefficient (Wildman–Crippen LogP) is 3.38. The van der Waals surface area contributed by atoms with Crippen molar-refractivity contribution in [3.63, 3.8) is 0 Å². The van der Waals surface area contributed by atoms with Crippen LogP contribution in [0.25, 0.3) is 5.57 Å². The molecular formula is C14H17N. The average molecular weight is 199 g/mol. The first kappa shape index (κ1) is 11.3. The van der Waals surface area contributed by atoms with Crippen molar-refractivity contribution in [2.24, 2.45) is 0 Å². The Balaban J connectivity index is 2.75.